The number of amides is 1. The van der Waals surface area contributed by atoms with Crippen molar-refractivity contribution >= 4 is 11.9 Å². The monoisotopic (exact) mass is 426 g/mol. The van der Waals surface area contributed by atoms with Crippen LogP contribution < -0.4 is 11.1 Å². The summed E-state index contributed by atoms with van der Waals surface area (Å²) in [5.41, 5.74) is 7.65. The van der Waals surface area contributed by atoms with Gasteiger partial charge in [0.1, 0.15) is 5.82 Å². The summed E-state index contributed by atoms with van der Waals surface area (Å²) in [6, 6.07) is 16.3. The normalized spacial score (nSPS) is 17.5. The number of hydrogen-bond donors (Lipinski definition) is 2. The van der Waals surface area contributed by atoms with E-state index in [0.29, 0.717) is 32.1 Å². The van der Waals surface area contributed by atoms with Crippen LogP contribution in [0.3, 0.4) is 0 Å². The molecule has 1 heterocycles. The van der Waals surface area contributed by atoms with E-state index >= 15 is 0 Å². The summed E-state index contributed by atoms with van der Waals surface area (Å²) >= 11 is 0. The number of benzene rings is 2. The summed E-state index contributed by atoms with van der Waals surface area (Å²) in [6.45, 7) is 3.45. The molecule has 3 rings (SSSR count). The Morgan fingerprint density at radius 3 is 2.65 bits per heavy atom. The smallest absolute Gasteiger partial charge is 0.222 e. The van der Waals surface area contributed by atoms with E-state index in [1.807, 2.05) is 18.2 Å². The number of carbonyl (C=O) groups excluding carboxylic acids is 1. The zero-order chi connectivity index (χ0) is 22.1. The molecule has 1 amide bonds. The number of hydrogen-bond acceptors (Lipinski definition) is 3. The maximum absolute atomic E-state index is 13.1. The molecule has 166 valence electrons. The second-order valence-electron chi connectivity index (χ2n) is 7.96. The molecular formula is C24H31FN4O2. The van der Waals surface area contributed by atoms with Crippen LogP contribution >= 0.6 is 0 Å². The van der Waals surface area contributed by atoms with Gasteiger partial charge in [-0.2, -0.15) is 0 Å². The van der Waals surface area contributed by atoms with Crippen LogP contribution in [0.5, 0.6) is 0 Å². The van der Waals surface area contributed by atoms with Gasteiger partial charge in [0.05, 0.1) is 19.1 Å². The van der Waals surface area contributed by atoms with Gasteiger partial charge in [0.15, 0.2) is 5.96 Å². The second-order valence-corrected chi connectivity index (χ2v) is 7.96. The van der Waals surface area contributed by atoms with Gasteiger partial charge in [0, 0.05) is 32.6 Å². The first kappa shape index (κ1) is 22.7. The van der Waals surface area contributed by atoms with Gasteiger partial charge in [-0.05, 0) is 36.1 Å². The van der Waals surface area contributed by atoms with Crippen LogP contribution in [0, 0.1) is 17.7 Å². The molecule has 2 aromatic rings. The Morgan fingerprint density at radius 2 is 1.97 bits per heavy atom. The molecule has 2 aromatic carbocycles. The SMILES string of the molecule is CN=C(NCC(Cc1ccc(F)cc1)C(N)=O)N1CCC(COCc2ccccc2)C1. The number of primary amides is 1. The van der Waals surface area contributed by atoms with E-state index in [1.165, 1.54) is 17.7 Å². The number of nitrogens with zero attached hydrogens (tertiary/aromatic N) is 2. The van der Waals surface area contributed by atoms with Crippen molar-refractivity contribution in [3.05, 3.63) is 71.5 Å². The van der Waals surface area contributed by atoms with Crippen LogP contribution in [0.1, 0.15) is 17.5 Å². The van der Waals surface area contributed by atoms with E-state index in [1.54, 1.807) is 19.2 Å². The van der Waals surface area contributed by atoms with Crippen LogP contribution in [-0.2, 0) is 22.6 Å². The molecule has 0 spiro atoms. The lowest BCUT2D eigenvalue weighted by Crippen LogP contribution is -2.44. The van der Waals surface area contributed by atoms with Crippen LogP contribution in [0.25, 0.3) is 0 Å². The highest BCUT2D eigenvalue weighted by molar-refractivity contribution is 5.82. The summed E-state index contributed by atoms with van der Waals surface area (Å²) < 4.78 is 19.0. The summed E-state index contributed by atoms with van der Waals surface area (Å²) in [5.74, 6) is 0.106. The summed E-state index contributed by atoms with van der Waals surface area (Å²) in [6.07, 6.45) is 1.49. The zero-order valence-electron chi connectivity index (χ0n) is 18.0. The number of carbonyl (C=O) groups is 1. The lowest BCUT2D eigenvalue weighted by Gasteiger charge is -2.23. The Labute approximate surface area is 183 Å². The number of likely N-dealkylation sites (tertiary alicyclic amines) is 1. The molecule has 6 nitrogen and oxygen atoms in total. The molecule has 31 heavy (non-hydrogen) atoms. The quantitative estimate of drug-likeness (QED) is 0.477. The first-order chi connectivity index (χ1) is 15.0. The maximum Gasteiger partial charge on any atom is 0.222 e. The molecule has 2 unspecified atom stereocenters. The fraction of sp³-hybridized carbons (Fsp3) is 0.417. The first-order valence-corrected chi connectivity index (χ1v) is 10.7. The summed E-state index contributed by atoms with van der Waals surface area (Å²) in [5, 5.41) is 3.29. The van der Waals surface area contributed by atoms with Crippen molar-refractivity contribution in [3.63, 3.8) is 0 Å². The van der Waals surface area contributed by atoms with Crippen molar-refractivity contribution in [1.29, 1.82) is 0 Å². The highest BCUT2D eigenvalue weighted by Crippen LogP contribution is 2.18. The molecule has 0 aliphatic carbocycles. The number of ether oxygens (including phenoxy) is 1. The van der Waals surface area contributed by atoms with E-state index in [9.17, 15) is 9.18 Å². The summed E-state index contributed by atoms with van der Waals surface area (Å²) in [4.78, 5) is 18.5. The van der Waals surface area contributed by atoms with Crippen LogP contribution in [0.4, 0.5) is 4.39 Å². The molecule has 0 bridgehead atoms. The van der Waals surface area contributed by atoms with E-state index in [0.717, 1.165) is 31.0 Å². The molecule has 0 aromatic heterocycles. The number of nitrogens with two attached hydrogens (primary N) is 1. The number of rotatable bonds is 9. The zero-order valence-corrected chi connectivity index (χ0v) is 18.0. The predicted molar refractivity (Wildman–Crippen MR) is 120 cm³/mol. The number of nitrogens with one attached hydrogen (secondary N) is 1. The van der Waals surface area contributed by atoms with Crippen LogP contribution in [0.15, 0.2) is 59.6 Å². The molecular weight excluding hydrogens is 395 g/mol. The molecule has 1 fully saturated rings. The van der Waals surface area contributed by atoms with E-state index in [-0.39, 0.29) is 11.7 Å². The minimum Gasteiger partial charge on any atom is -0.376 e. The number of aliphatic imine (C=N–C) groups is 1. The van der Waals surface area contributed by atoms with Gasteiger partial charge in [-0.1, -0.05) is 42.5 Å². The predicted octanol–water partition coefficient (Wildman–Crippen LogP) is 2.58. The average molecular weight is 427 g/mol. The van der Waals surface area contributed by atoms with E-state index in [4.69, 9.17) is 10.5 Å². The summed E-state index contributed by atoms with van der Waals surface area (Å²) in [7, 11) is 1.74. The van der Waals surface area contributed by atoms with Crippen molar-refractivity contribution in [1.82, 2.24) is 10.2 Å². The fourth-order valence-corrected chi connectivity index (χ4v) is 3.80. The number of guanidine groups is 1. The molecule has 7 heteroatoms. The van der Waals surface area contributed by atoms with Crippen molar-refractivity contribution in [2.45, 2.75) is 19.4 Å². The minimum absolute atomic E-state index is 0.297. The van der Waals surface area contributed by atoms with Gasteiger partial charge in [0.2, 0.25) is 5.91 Å². The Hall–Kier alpha value is -2.93. The maximum atomic E-state index is 13.1. The Bertz CT molecular complexity index is 858. The van der Waals surface area contributed by atoms with Gasteiger partial charge in [0.25, 0.3) is 0 Å². The third kappa shape index (κ3) is 7.07. The van der Waals surface area contributed by atoms with Gasteiger partial charge in [-0.3, -0.25) is 9.79 Å². The molecule has 1 saturated heterocycles. The van der Waals surface area contributed by atoms with Crippen molar-refractivity contribution in [2.75, 3.05) is 33.3 Å². The fourth-order valence-electron chi connectivity index (χ4n) is 3.80. The lowest BCUT2D eigenvalue weighted by molar-refractivity contribution is -0.121. The Balaban J connectivity index is 1.45. The molecule has 0 radical (unpaired) electrons. The third-order valence-corrected chi connectivity index (χ3v) is 5.57. The Morgan fingerprint density at radius 1 is 1.23 bits per heavy atom. The molecule has 1 aliphatic rings. The topological polar surface area (TPSA) is 79.9 Å². The van der Waals surface area contributed by atoms with Crippen molar-refractivity contribution in [2.24, 2.45) is 22.6 Å². The van der Waals surface area contributed by atoms with Crippen molar-refractivity contribution < 1.29 is 13.9 Å². The van der Waals surface area contributed by atoms with Crippen LogP contribution in [-0.4, -0.2) is 50.1 Å². The molecule has 3 N–H and O–H groups in total. The van der Waals surface area contributed by atoms with Gasteiger partial charge < -0.3 is 20.7 Å². The average Bonchev–Trinajstić information content (AvgIpc) is 3.24. The van der Waals surface area contributed by atoms with Crippen LogP contribution in [0.2, 0.25) is 0 Å². The van der Waals surface area contributed by atoms with Gasteiger partial charge in [-0.25, -0.2) is 4.39 Å². The largest absolute Gasteiger partial charge is 0.376 e. The first-order valence-electron chi connectivity index (χ1n) is 10.7. The number of halogens is 1. The van der Waals surface area contributed by atoms with E-state index < -0.39 is 5.92 Å². The molecule has 1 aliphatic heterocycles. The standard InChI is InChI=1S/C24H31FN4O2/c1-27-24(28-14-21(23(26)30)13-18-7-9-22(25)10-8-18)29-12-11-20(15-29)17-31-16-19-5-3-2-4-6-19/h2-10,20-21H,11-17H2,1H3,(H2,26,30)(H,27,28). The van der Waals surface area contributed by atoms with Crippen molar-refractivity contribution in [3.8, 4) is 0 Å². The highest BCUT2D eigenvalue weighted by Gasteiger charge is 2.26. The lowest BCUT2D eigenvalue weighted by atomic mass is 9.98. The third-order valence-electron chi connectivity index (χ3n) is 5.57. The Kier molecular flexibility index (Phi) is 8.41. The highest BCUT2D eigenvalue weighted by atomic mass is 19.1. The van der Waals surface area contributed by atoms with Gasteiger partial charge in [-0.15, -0.1) is 0 Å². The van der Waals surface area contributed by atoms with Gasteiger partial charge >= 0.3 is 0 Å². The minimum atomic E-state index is -0.408. The second kappa shape index (κ2) is 11.5. The molecule has 0 saturated carbocycles. The molecule has 2 atom stereocenters. The van der Waals surface area contributed by atoms with E-state index in [2.05, 4.69) is 27.3 Å².